The Kier molecular flexibility index (Phi) is 4.27. The van der Waals surface area contributed by atoms with Crippen molar-refractivity contribution in [3.63, 3.8) is 0 Å². The lowest BCUT2D eigenvalue weighted by atomic mass is 9.84. The molecule has 1 aliphatic rings. The molecule has 3 heterocycles. The summed E-state index contributed by atoms with van der Waals surface area (Å²) in [7, 11) is 2.04. The molecule has 4 rings (SSSR count). The van der Waals surface area contributed by atoms with Crippen LogP contribution in [0.25, 0.3) is 22.0 Å². The number of nitrogens with one attached hydrogen (secondary N) is 1. The van der Waals surface area contributed by atoms with E-state index in [4.69, 9.17) is 0 Å². The number of hydrogen-bond acceptors (Lipinski definition) is 4. The molecule has 3 aromatic rings. The van der Waals surface area contributed by atoms with Gasteiger partial charge in [-0.3, -0.25) is 4.90 Å². The summed E-state index contributed by atoms with van der Waals surface area (Å²) in [6, 6.07) is 8.52. The number of rotatable bonds is 5. The summed E-state index contributed by atoms with van der Waals surface area (Å²) in [5, 5.41) is 5.65. The van der Waals surface area contributed by atoms with Gasteiger partial charge in [-0.05, 0) is 29.9 Å². The second-order valence-electron chi connectivity index (χ2n) is 8.42. The van der Waals surface area contributed by atoms with Crippen LogP contribution >= 0.6 is 0 Å². The number of anilines is 1. The zero-order valence-corrected chi connectivity index (χ0v) is 16.6. The molecule has 1 N–H and O–H groups in total. The van der Waals surface area contributed by atoms with E-state index in [1.54, 1.807) is 0 Å². The second-order valence-corrected chi connectivity index (χ2v) is 8.42. The highest BCUT2D eigenvalue weighted by Crippen LogP contribution is 2.29. The maximum Gasteiger partial charge on any atom is 0.130 e. The molecule has 1 aliphatic heterocycles. The molecule has 0 amide bonds. The van der Waals surface area contributed by atoms with Gasteiger partial charge in [0.05, 0.1) is 11.9 Å². The van der Waals surface area contributed by atoms with Gasteiger partial charge in [0.15, 0.2) is 0 Å². The van der Waals surface area contributed by atoms with Crippen LogP contribution in [0.3, 0.4) is 0 Å². The summed E-state index contributed by atoms with van der Waals surface area (Å²) < 4.78 is 2.11. The number of hydrogen-bond donors (Lipinski definition) is 1. The van der Waals surface area contributed by atoms with E-state index in [1.807, 2.05) is 26.4 Å². The maximum absolute atomic E-state index is 4.54. The minimum absolute atomic E-state index is 0.433. The summed E-state index contributed by atoms with van der Waals surface area (Å²) in [5.41, 5.74) is 3.69. The lowest BCUT2D eigenvalue weighted by Gasteiger charge is -2.46. The van der Waals surface area contributed by atoms with E-state index in [2.05, 4.69) is 69.4 Å². The normalized spacial score (nSPS) is 16.3. The molecule has 27 heavy (non-hydrogen) atoms. The van der Waals surface area contributed by atoms with Gasteiger partial charge in [0.1, 0.15) is 11.6 Å². The van der Waals surface area contributed by atoms with Gasteiger partial charge in [-0.2, -0.15) is 0 Å². The van der Waals surface area contributed by atoms with Gasteiger partial charge in [0.2, 0.25) is 0 Å². The highest BCUT2D eigenvalue weighted by atomic mass is 15.2. The van der Waals surface area contributed by atoms with E-state index in [-0.39, 0.29) is 0 Å². The summed E-state index contributed by atoms with van der Waals surface area (Å²) in [6.45, 7) is 13.9. The van der Waals surface area contributed by atoms with Gasteiger partial charge < -0.3 is 9.88 Å². The van der Waals surface area contributed by atoms with Crippen LogP contribution in [0.1, 0.15) is 19.7 Å². The highest BCUT2D eigenvalue weighted by molar-refractivity contribution is 5.88. The smallest absolute Gasteiger partial charge is 0.130 e. The van der Waals surface area contributed by atoms with Crippen molar-refractivity contribution in [2.24, 2.45) is 12.5 Å². The molecule has 0 aliphatic carbocycles. The van der Waals surface area contributed by atoms with Crippen molar-refractivity contribution in [3.05, 3.63) is 54.8 Å². The number of nitrogens with zero attached hydrogens (tertiary/aromatic N) is 4. The second kappa shape index (κ2) is 6.50. The molecule has 0 bridgehead atoms. The van der Waals surface area contributed by atoms with Crippen molar-refractivity contribution in [3.8, 4) is 11.3 Å². The number of benzene rings is 1. The van der Waals surface area contributed by atoms with Gasteiger partial charge in [-0.25, -0.2) is 9.97 Å². The number of pyridine rings is 1. The van der Waals surface area contributed by atoms with Crippen LogP contribution < -0.4 is 5.32 Å². The lowest BCUT2D eigenvalue weighted by molar-refractivity contribution is 0.0404. The largest absolute Gasteiger partial charge is 0.343 e. The Morgan fingerprint density at radius 1 is 1.15 bits per heavy atom. The van der Waals surface area contributed by atoms with E-state index < -0.39 is 0 Å². The Balaban J connectivity index is 1.52. The minimum Gasteiger partial charge on any atom is -0.343 e. The first-order valence-corrected chi connectivity index (χ1v) is 9.36. The molecular weight excluding hydrogens is 334 g/mol. The molecule has 140 valence electrons. The predicted molar refractivity (Wildman–Crippen MR) is 112 cm³/mol. The third kappa shape index (κ3) is 3.60. The number of imidazole rings is 1. The summed E-state index contributed by atoms with van der Waals surface area (Å²) in [6.07, 6.45) is 3.84. The summed E-state index contributed by atoms with van der Waals surface area (Å²) in [4.78, 5) is 11.3. The molecular formula is C22H27N5. The molecule has 0 saturated carbocycles. The van der Waals surface area contributed by atoms with Crippen molar-refractivity contribution >= 4 is 16.6 Å². The zero-order valence-electron chi connectivity index (χ0n) is 16.6. The van der Waals surface area contributed by atoms with Gasteiger partial charge in [0.25, 0.3) is 0 Å². The average molecular weight is 361 g/mol. The number of aromatic nitrogens is 3. The Bertz CT molecular complexity index is 1010. The fourth-order valence-electron chi connectivity index (χ4n) is 3.91. The zero-order chi connectivity index (χ0) is 19.2. The summed E-state index contributed by atoms with van der Waals surface area (Å²) in [5.74, 6) is 1.85. The van der Waals surface area contributed by atoms with Crippen LogP contribution in [0.4, 0.5) is 5.82 Å². The SMILES string of the molecule is C=C(CN1CC(C)(C)C1)Nc1cc2cc(-c3cnc(C)n3C)ccc2cn1. The van der Waals surface area contributed by atoms with Crippen LogP contribution in [0.5, 0.6) is 0 Å². The first-order chi connectivity index (χ1) is 12.8. The van der Waals surface area contributed by atoms with Crippen LogP contribution in [0.15, 0.2) is 48.9 Å². The molecule has 5 nitrogen and oxygen atoms in total. The highest BCUT2D eigenvalue weighted by Gasteiger charge is 2.33. The van der Waals surface area contributed by atoms with Gasteiger partial charge >= 0.3 is 0 Å². The van der Waals surface area contributed by atoms with Crippen LogP contribution in [0.2, 0.25) is 0 Å². The standard InChI is InChI=1S/C22H27N5/c1-15(12-27-13-22(3,4)14-27)25-21-9-19-8-17(6-7-18(19)10-24-21)20-11-23-16(2)26(20)5/h6-11H,1,12-14H2,2-5H3,(H,24,25). The Labute approximate surface area is 160 Å². The van der Waals surface area contributed by atoms with Crippen molar-refractivity contribution < 1.29 is 0 Å². The molecule has 5 heteroatoms. The van der Waals surface area contributed by atoms with Gasteiger partial charge in [0, 0.05) is 49.5 Å². The predicted octanol–water partition coefficient (Wildman–Crippen LogP) is 4.21. The Hall–Kier alpha value is -2.66. The summed E-state index contributed by atoms with van der Waals surface area (Å²) >= 11 is 0. The van der Waals surface area contributed by atoms with E-state index in [0.717, 1.165) is 59.0 Å². The molecule has 0 spiro atoms. The molecule has 0 radical (unpaired) electrons. The van der Waals surface area contributed by atoms with Crippen LogP contribution in [0, 0.1) is 12.3 Å². The fraction of sp³-hybridized carbons (Fsp3) is 0.364. The Morgan fingerprint density at radius 2 is 1.93 bits per heavy atom. The van der Waals surface area contributed by atoms with E-state index in [9.17, 15) is 0 Å². The molecule has 0 atom stereocenters. The minimum atomic E-state index is 0.433. The average Bonchev–Trinajstić information content (AvgIpc) is 2.92. The number of fused-ring (bicyclic) bond motifs is 1. The lowest BCUT2D eigenvalue weighted by Crippen LogP contribution is -2.53. The van der Waals surface area contributed by atoms with Crippen molar-refractivity contribution in [2.45, 2.75) is 20.8 Å². The topological polar surface area (TPSA) is 46.0 Å². The van der Waals surface area contributed by atoms with E-state index in [0.29, 0.717) is 5.41 Å². The molecule has 2 aromatic heterocycles. The van der Waals surface area contributed by atoms with Crippen LogP contribution in [-0.2, 0) is 7.05 Å². The maximum atomic E-state index is 4.54. The monoisotopic (exact) mass is 361 g/mol. The van der Waals surface area contributed by atoms with Crippen molar-refractivity contribution in [1.82, 2.24) is 19.4 Å². The van der Waals surface area contributed by atoms with Crippen molar-refractivity contribution in [2.75, 3.05) is 25.0 Å². The van der Waals surface area contributed by atoms with Gasteiger partial charge in [-0.15, -0.1) is 0 Å². The number of aryl methyl sites for hydroxylation is 1. The molecule has 1 aromatic carbocycles. The Morgan fingerprint density at radius 3 is 2.59 bits per heavy atom. The quantitative estimate of drug-likeness (QED) is 0.739. The van der Waals surface area contributed by atoms with E-state index >= 15 is 0 Å². The molecule has 1 fully saturated rings. The number of likely N-dealkylation sites (tertiary alicyclic amines) is 1. The van der Waals surface area contributed by atoms with E-state index in [1.165, 1.54) is 0 Å². The fourth-order valence-corrected chi connectivity index (χ4v) is 3.91. The third-order valence-electron chi connectivity index (χ3n) is 5.26. The van der Waals surface area contributed by atoms with Crippen LogP contribution in [-0.4, -0.2) is 39.1 Å². The first kappa shape index (κ1) is 17.7. The first-order valence-electron chi connectivity index (χ1n) is 9.36. The van der Waals surface area contributed by atoms with Crippen molar-refractivity contribution in [1.29, 1.82) is 0 Å². The van der Waals surface area contributed by atoms with Gasteiger partial charge in [-0.1, -0.05) is 32.6 Å². The third-order valence-corrected chi connectivity index (χ3v) is 5.26. The molecule has 1 saturated heterocycles. The molecule has 0 unspecified atom stereocenters.